The molecular weight excluding hydrogens is 430 g/mol. The Morgan fingerprint density at radius 3 is 2.38 bits per heavy atom. The van der Waals surface area contributed by atoms with Crippen LogP contribution in [0.5, 0.6) is 0 Å². The standard InChI is InChI=1S/C26H23N5O3/c1-16-13-20(14-23-25(33)29(26(34)28-23)15-19-9-5-4-6-10-19)17(2)30(16)31-18(3)27-22-12-8-7-11-21(22)24(31)32/h4-14H,15H2,1-3H3,(H,28,34). The summed E-state index contributed by atoms with van der Waals surface area (Å²) in [7, 11) is 0. The number of fused-ring (bicyclic) bond motifs is 1. The van der Waals surface area contributed by atoms with Crippen LogP contribution >= 0.6 is 0 Å². The Morgan fingerprint density at radius 2 is 1.62 bits per heavy atom. The Kier molecular flexibility index (Phi) is 5.13. The topological polar surface area (TPSA) is 89.2 Å². The van der Waals surface area contributed by atoms with Crippen LogP contribution < -0.4 is 10.9 Å². The predicted molar refractivity (Wildman–Crippen MR) is 129 cm³/mol. The minimum absolute atomic E-state index is 0.177. The number of urea groups is 1. The molecule has 1 saturated heterocycles. The van der Waals surface area contributed by atoms with Gasteiger partial charge in [-0.05, 0) is 56.2 Å². The van der Waals surface area contributed by atoms with Gasteiger partial charge in [0.25, 0.3) is 11.5 Å². The third-order valence-corrected chi connectivity index (χ3v) is 6.00. The van der Waals surface area contributed by atoms with Crippen LogP contribution in [0, 0.1) is 20.8 Å². The number of amides is 3. The van der Waals surface area contributed by atoms with Gasteiger partial charge in [0.2, 0.25) is 0 Å². The minimum Gasteiger partial charge on any atom is -0.303 e. The lowest BCUT2D eigenvalue weighted by atomic mass is 10.2. The highest BCUT2D eigenvalue weighted by molar-refractivity contribution is 6.13. The molecule has 8 nitrogen and oxygen atoms in total. The molecule has 4 aromatic rings. The monoisotopic (exact) mass is 453 g/mol. The molecule has 0 unspecified atom stereocenters. The van der Waals surface area contributed by atoms with Crippen LogP contribution in [0.2, 0.25) is 0 Å². The van der Waals surface area contributed by atoms with Crippen LogP contribution in [0.3, 0.4) is 0 Å². The minimum atomic E-state index is -0.459. The number of carbonyl (C=O) groups is 2. The van der Waals surface area contributed by atoms with Crippen molar-refractivity contribution in [3.63, 3.8) is 0 Å². The number of aryl methyl sites for hydroxylation is 2. The van der Waals surface area contributed by atoms with E-state index in [2.05, 4.69) is 10.3 Å². The van der Waals surface area contributed by atoms with Crippen LogP contribution in [0.25, 0.3) is 17.0 Å². The summed E-state index contributed by atoms with van der Waals surface area (Å²) in [5.41, 5.74) is 3.79. The molecule has 2 aromatic heterocycles. The Labute approximate surface area is 195 Å². The van der Waals surface area contributed by atoms with Crippen molar-refractivity contribution in [1.82, 2.24) is 24.6 Å². The van der Waals surface area contributed by atoms with E-state index in [1.54, 1.807) is 23.7 Å². The van der Waals surface area contributed by atoms with E-state index in [0.29, 0.717) is 16.7 Å². The summed E-state index contributed by atoms with van der Waals surface area (Å²) < 4.78 is 3.32. The molecule has 1 fully saturated rings. The fourth-order valence-electron chi connectivity index (χ4n) is 4.34. The van der Waals surface area contributed by atoms with Crippen molar-refractivity contribution >= 4 is 28.9 Å². The predicted octanol–water partition coefficient (Wildman–Crippen LogP) is 3.53. The molecule has 5 rings (SSSR count). The molecule has 8 heteroatoms. The smallest absolute Gasteiger partial charge is 0.303 e. The molecule has 0 radical (unpaired) electrons. The van der Waals surface area contributed by atoms with Gasteiger partial charge >= 0.3 is 6.03 Å². The van der Waals surface area contributed by atoms with E-state index in [1.165, 1.54) is 9.58 Å². The van der Waals surface area contributed by atoms with E-state index < -0.39 is 6.03 Å². The first kappa shape index (κ1) is 21.4. The van der Waals surface area contributed by atoms with E-state index in [0.717, 1.165) is 22.5 Å². The zero-order valence-electron chi connectivity index (χ0n) is 19.1. The Balaban J connectivity index is 1.54. The Bertz CT molecular complexity index is 1550. The van der Waals surface area contributed by atoms with Crippen LogP contribution in [-0.4, -0.2) is 31.2 Å². The van der Waals surface area contributed by atoms with Crippen LogP contribution in [0.15, 0.2) is 71.2 Å². The SMILES string of the molecule is Cc1cc(C=C2NC(=O)N(Cc3ccccc3)C2=O)c(C)n1-n1c(C)nc2ccccc2c1=O. The second-order valence-electron chi connectivity index (χ2n) is 8.30. The summed E-state index contributed by atoms with van der Waals surface area (Å²) in [4.78, 5) is 44.5. The molecule has 34 heavy (non-hydrogen) atoms. The summed E-state index contributed by atoms with van der Waals surface area (Å²) in [6.07, 6.45) is 1.65. The first-order valence-electron chi connectivity index (χ1n) is 10.9. The second kappa shape index (κ2) is 8.15. The van der Waals surface area contributed by atoms with Gasteiger partial charge in [-0.3, -0.25) is 19.2 Å². The maximum absolute atomic E-state index is 13.3. The number of rotatable bonds is 4. The zero-order chi connectivity index (χ0) is 24.0. The lowest BCUT2D eigenvalue weighted by molar-refractivity contribution is -0.123. The third kappa shape index (κ3) is 3.49. The van der Waals surface area contributed by atoms with Crippen molar-refractivity contribution in [2.75, 3.05) is 0 Å². The number of hydrogen-bond acceptors (Lipinski definition) is 4. The van der Waals surface area contributed by atoms with Gasteiger partial charge in [-0.2, -0.15) is 4.68 Å². The number of nitrogens with one attached hydrogen (secondary N) is 1. The largest absolute Gasteiger partial charge is 0.329 e. The molecule has 0 spiro atoms. The number of imide groups is 1. The molecule has 0 bridgehead atoms. The molecule has 0 saturated carbocycles. The molecule has 3 heterocycles. The second-order valence-corrected chi connectivity index (χ2v) is 8.30. The number of nitrogens with zero attached hydrogens (tertiary/aromatic N) is 4. The summed E-state index contributed by atoms with van der Waals surface area (Å²) in [5.74, 6) is 0.156. The third-order valence-electron chi connectivity index (χ3n) is 6.00. The van der Waals surface area contributed by atoms with Crippen molar-refractivity contribution in [3.05, 3.63) is 105 Å². The van der Waals surface area contributed by atoms with Gasteiger partial charge in [0.1, 0.15) is 11.5 Å². The van der Waals surface area contributed by atoms with Crippen molar-refractivity contribution < 1.29 is 9.59 Å². The van der Waals surface area contributed by atoms with Gasteiger partial charge in [0.15, 0.2) is 0 Å². The molecule has 0 atom stereocenters. The highest BCUT2D eigenvalue weighted by Gasteiger charge is 2.33. The fraction of sp³-hybridized carbons (Fsp3) is 0.154. The van der Waals surface area contributed by atoms with Gasteiger partial charge in [-0.1, -0.05) is 42.5 Å². The number of para-hydroxylation sites is 1. The van der Waals surface area contributed by atoms with Crippen LogP contribution in [0.1, 0.15) is 28.3 Å². The van der Waals surface area contributed by atoms with E-state index in [9.17, 15) is 14.4 Å². The first-order chi connectivity index (χ1) is 16.3. The van der Waals surface area contributed by atoms with E-state index in [1.807, 2.05) is 68.4 Å². The van der Waals surface area contributed by atoms with Gasteiger partial charge in [-0.25, -0.2) is 9.78 Å². The number of aromatic nitrogens is 3. The van der Waals surface area contributed by atoms with Crippen LogP contribution in [-0.2, 0) is 11.3 Å². The van der Waals surface area contributed by atoms with Gasteiger partial charge in [-0.15, -0.1) is 0 Å². The molecule has 3 amide bonds. The lowest BCUT2D eigenvalue weighted by Gasteiger charge is -2.16. The molecule has 1 aliphatic rings. The van der Waals surface area contributed by atoms with Crippen molar-refractivity contribution in [1.29, 1.82) is 0 Å². The first-order valence-corrected chi connectivity index (χ1v) is 10.9. The van der Waals surface area contributed by atoms with E-state index >= 15 is 0 Å². The van der Waals surface area contributed by atoms with Crippen LogP contribution in [0.4, 0.5) is 4.79 Å². The highest BCUT2D eigenvalue weighted by atomic mass is 16.2. The summed E-state index contributed by atoms with van der Waals surface area (Å²) >= 11 is 0. The fourth-order valence-corrected chi connectivity index (χ4v) is 4.34. The van der Waals surface area contributed by atoms with Crippen molar-refractivity contribution in [3.8, 4) is 0 Å². The van der Waals surface area contributed by atoms with E-state index in [4.69, 9.17) is 0 Å². The molecule has 170 valence electrons. The maximum atomic E-state index is 13.3. The molecule has 1 N–H and O–H groups in total. The summed E-state index contributed by atoms with van der Waals surface area (Å²) in [5, 5.41) is 3.20. The molecule has 2 aromatic carbocycles. The highest BCUT2D eigenvalue weighted by Crippen LogP contribution is 2.22. The molecule has 0 aliphatic carbocycles. The maximum Gasteiger partial charge on any atom is 0.329 e. The quantitative estimate of drug-likeness (QED) is 0.378. The summed E-state index contributed by atoms with van der Waals surface area (Å²) in [6, 6.07) is 18.0. The number of hydrogen-bond donors (Lipinski definition) is 1. The lowest BCUT2D eigenvalue weighted by Crippen LogP contribution is -2.30. The Hall–Kier alpha value is -4.46. The van der Waals surface area contributed by atoms with Crippen molar-refractivity contribution in [2.45, 2.75) is 27.3 Å². The number of carbonyl (C=O) groups excluding carboxylic acids is 2. The van der Waals surface area contributed by atoms with Crippen molar-refractivity contribution in [2.24, 2.45) is 0 Å². The normalized spacial score (nSPS) is 14.9. The van der Waals surface area contributed by atoms with Gasteiger partial charge in [0.05, 0.1) is 17.4 Å². The van der Waals surface area contributed by atoms with Gasteiger partial charge < -0.3 is 5.32 Å². The average Bonchev–Trinajstić information content (AvgIpc) is 3.24. The number of benzene rings is 2. The Morgan fingerprint density at radius 1 is 0.912 bits per heavy atom. The zero-order valence-corrected chi connectivity index (χ0v) is 19.1. The van der Waals surface area contributed by atoms with Gasteiger partial charge in [0, 0.05) is 11.4 Å². The summed E-state index contributed by atoms with van der Waals surface area (Å²) in [6.45, 7) is 5.72. The molecular formula is C26H23N5O3. The van der Waals surface area contributed by atoms with E-state index in [-0.39, 0.29) is 23.7 Å². The molecule has 1 aliphatic heterocycles. The average molecular weight is 454 g/mol.